The molecule has 3 aromatic rings. The molecular formula is C28H31BFN3O5. The summed E-state index contributed by atoms with van der Waals surface area (Å²) in [7, 11) is -0.878. The predicted molar refractivity (Wildman–Crippen MR) is 144 cm³/mol. The van der Waals surface area contributed by atoms with E-state index < -0.39 is 18.4 Å². The number of ketones is 1. The number of pyridine rings is 1. The summed E-state index contributed by atoms with van der Waals surface area (Å²) in [5.74, 6) is 0.00680. The van der Waals surface area contributed by atoms with E-state index in [1.54, 1.807) is 12.3 Å². The standard InChI is InChI=1S/C28H31BFN3O5/c1-18(34)23-16-33(20-4-5-20)26-15-27(25(30)14-22(26)28(23)35)32-10-8-31(9-11-32)7-2-12-37-21-6-3-19-17-38-29(36)24(19)13-21/h3,6,13-16,20,36H,2,4-5,7-12,17H2,1H3. The predicted octanol–water partition coefficient (Wildman–Crippen LogP) is 2.49. The van der Waals surface area contributed by atoms with Crippen molar-refractivity contribution in [3.05, 3.63) is 63.7 Å². The lowest BCUT2D eigenvalue weighted by Crippen LogP contribution is -2.47. The first-order valence-corrected chi connectivity index (χ1v) is 13.3. The van der Waals surface area contributed by atoms with Crippen LogP contribution in [0.1, 0.15) is 48.1 Å². The number of rotatable bonds is 8. The topological polar surface area (TPSA) is 84.2 Å². The van der Waals surface area contributed by atoms with Crippen LogP contribution in [0, 0.1) is 5.82 Å². The number of carbonyl (C=O) groups excluding carboxylic acids is 1. The quantitative estimate of drug-likeness (QED) is 0.278. The maximum atomic E-state index is 15.3. The molecule has 1 N–H and O–H groups in total. The van der Waals surface area contributed by atoms with Gasteiger partial charge in [0.05, 0.1) is 30.0 Å². The minimum Gasteiger partial charge on any atom is -0.494 e. The van der Waals surface area contributed by atoms with E-state index in [9.17, 15) is 14.6 Å². The molecule has 2 fully saturated rings. The second kappa shape index (κ2) is 10.2. The molecule has 8 nitrogen and oxygen atoms in total. The number of carbonyl (C=O) groups is 1. The lowest BCUT2D eigenvalue weighted by atomic mass is 9.79. The van der Waals surface area contributed by atoms with Crippen LogP contribution in [0.5, 0.6) is 5.75 Å². The smallest absolute Gasteiger partial charge is 0.491 e. The summed E-state index contributed by atoms with van der Waals surface area (Å²) in [4.78, 5) is 29.3. The van der Waals surface area contributed by atoms with Gasteiger partial charge < -0.3 is 23.9 Å². The van der Waals surface area contributed by atoms with Gasteiger partial charge in [0.1, 0.15) is 11.6 Å². The number of anilines is 1. The highest BCUT2D eigenvalue weighted by molar-refractivity contribution is 6.61. The molecule has 198 valence electrons. The molecule has 1 saturated carbocycles. The minimum absolute atomic E-state index is 0.122. The van der Waals surface area contributed by atoms with Crippen LogP contribution in [-0.2, 0) is 11.3 Å². The Bertz CT molecular complexity index is 1450. The summed E-state index contributed by atoms with van der Waals surface area (Å²) < 4.78 is 28.4. The monoisotopic (exact) mass is 519 g/mol. The first kappa shape index (κ1) is 25.1. The average Bonchev–Trinajstić information content (AvgIpc) is 3.70. The molecule has 0 amide bonds. The molecule has 0 unspecified atom stereocenters. The molecule has 0 radical (unpaired) electrons. The normalized spacial score (nSPS) is 17.8. The molecular weight excluding hydrogens is 488 g/mol. The van der Waals surface area contributed by atoms with Gasteiger partial charge in [-0.3, -0.25) is 14.5 Å². The lowest BCUT2D eigenvalue weighted by molar-refractivity contribution is 0.101. The van der Waals surface area contributed by atoms with Gasteiger partial charge in [0.15, 0.2) is 11.2 Å². The van der Waals surface area contributed by atoms with Crippen LogP contribution in [0.15, 0.2) is 41.3 Å². The second-order valence-electron chi connectivity index (χ2n) is 10.4. The van der Waals surface area contributed by atoms with Crippen molar-refractivity contribution in [3.8, 4) is 5.75 Å². The molecule has 3 aliphatic rings. The molecule has 0 atom stereocenters. The van der Waals surface area contributed by atoms with Gasteiger partial charge in [-0.25, -0.2) is 4.39 Å². The Morgan fingerprint density at radius 2 is 1.97 bits per heavy atom. The number of aromatic nitrogens is 1. The van der Waals surface area contributed by atoms with Crippen molar-refractivity contribution in [1.29, 1.82) is 0 Å². The second-order valence-corrected chi connectivity index (χ2v) is 10.4. The van der Waals surface area contributed by atoms with Gasteiger partial charge in [-0.05, 0) is 61.5 Å². The molecule has 38 heavy (non-hydrogen) atoms. The lowest BCUT2D eigenvalue weighted by Gasteiger charge is -2.36. The number of benzene rings is 2. The fourth-order valence-electron chi connectivity index (χ4n) is 5.48. The Hall–Kier alpha value is -3.21. The van der Waals surface area contributed by atoms with Gasteiger partial charge >= 0.3 is 7.12 Å². The highest BCUT2D eigenvalue weighted by Crippen LogP contribution is 2.38. The number of ether oxygens (including phenoxy) is 1. The van der Waals surface area contributed by atoms with Gasteiger partial charge in [0, 0.05) is 50.3 Å². The summed E-state index contributed by atoms with van der Waals surface area (Å²) in [6.07, 6.45) is 4.50. The highest BCUT2D eigenvalue weighted by Gasteiger charge is 2.29. The van der Waals surface area contributed by atoms with Crippen LogP contribution in [0.4, 0.5) is 10.1 Å². The van der Waals surface area contributed by atoms with Crippen molar-refractivity contribution >= 4 is 35.0 Å². The van der Waals surface area contributed by atoms with Crippen LogP contribution in [0.2, 0.25) is 0 Å². The third-order valence-corrected chi connectivity index (χ3v) is 7.80. The van der Waals surface area contributed by atoms with E-state index in [4.69, 9.17) is 9.39 Å². The van der Waals surface area contributed by atoms with Gasteiger partial charge in [-0.2, -0.15) is 0 Å². The molecule has 0 spiro atoms. The fraction of sp³-hybridized carbons (Fsp3) is 0.429. The van der Waals surface area contributed by atoms with Gasteiger partial charge in [-0.1, -0.05) is 6.07 Å². The number of halogens is 1. The number of nitrogens with zero attached hydrogens (tertiary/aromatic N) is 3. The van der Waals surface area contributed by atoms with E-state index in [-0.39, 0.29) is 22.8 Å². The number of fused-ring (bicyclic) bond motifs is 2. The molecule has 0 bridgehead atoms. The molecule has 2 aromatic carbocycles. The largest absolute Gasteiger partial charge is 0.494 e. The Balaban J connectivity index is 1.08. The first-order chi connectivity index (χ1) is 18.4. The van der Waals surface area contributed by atoms with Crippen molar-refractivity contribution in [2.45, 2.75) is 38.8 Å². The number of hydrogen-bond acceptors (Lipinski definition) is 7. The van der Waals surface area contributed by atoms with Crippen LogP contribution >= 0.6 is 0 Å². The Morgan fingerprint density at radius 3 is 2.71 bits per heavy atom. The van der Waals surface area contributed by atoms with Crippen LogP contribution in [-0.4, -0.2) is 66.7 Å². The first-order valence-electron chi connectivity index (χ1n) is 13.3. The zero-order valence-electron chi connectivity index (χ0n) is 21.5. The summed E-state index contributed by atoms with van der Waals surface area (Å²) in [6, 6.07) is 9.03. The van der Waals surface area contributed by atoms with Crippen LogP contribution < -0.4 is 20.5 Å². The maximum absolute atomic E-state index is 15.3. The third kappa shape index (κ3) is 4.84. The van der Waals surface area contributed by atoms with Crippen molar-refractivity contribution in [2.75, 3.05) is 44.2 Å². The van der Waals surface area contributed by atoms with E-state index in [1.807, 2.05) is 27.7 Å². The molecule has 10 heteroatoms. The molecule has 1 aliphatic carbocycles. The number of hydrogen-bond donors (Lipinski definition) is 1. The highest BCUT2D eigenvalue weighted by atomic mass is 19.1. The molecule has 3 heterocycles. The Morgan fingerprint density at radius 1 is 1.18 bits per heavy atom. The molecule has 1 aromatic heterocycles. The summed E-state index contributed by atoms with van der Waals surface area (Å²) in [5.41, 5.74) is 2.69. The Labute approximate surface area is 220 Å². The van der Waals surface area contributed by atoms with Crippen molar-refractivity contribution < 1.29 is 23.6 Å². The van der Waals surface area contributed by atoms with E-state index in [1.165, 1.54) is 13.0 Å². The zero-order chi connectivity index (χ0) is 26.4. The zero-order valence-corrected chi connectivity index (χ0v) is 21.5. The molecule has 1 saturated heterocycles. The van der Waals surface area contributed by atoms with Crippen LogP contribution in [0.3, 0.4) is 0 Å². The number of Topliss-reactive ketones (excluding diaryl/α,β-unsaturated/α-hetero) is 1. The van der Waals surface area contributed by atoms with Gasteiger partial charge in [-0.15, -0.1) is 0 Å². The average molecular weight is 519 g/mol. The summed E-state index contributed by atoms with van der Waals surface area (Å²) in [5, 5.41) is 10.1. The molecule has 2 aliphatic heterocycles. The van der Waals surface area contributed by atoms with Crippen molar-refractivity contribution in [1.82, 2.24) is 9.47 Å². The van der Waals surface area contributed by atoms with E-state index >= 15 is 4.39 Å². The van der Waals surface area contributed by atoms with E-state index in [0.717, 1.165) is 55.7 Å². The third-order valence-electron chi connectivity index (χ3n) is 7.80. The van der Waals surface area contributed by atoms with Crippen molar-refractivity contribution in [3.63, 3.8) is 0 Å². The maximum Gasteiger partial charge on any atom is 0.491 e. The van der Waals surface area contributed by atoms with Crippen LogP contribution in [0.25, 0.3) is 10.9 Å². The van der Waals surface area contributed by atoms with Gasteiger partial charge in [0.25, 0.3) is 0 Å². The van der Waals surface area contributed by atoms with E-state index in [0.29, 0.717) is 37.5 Å². The fourth-order valence-corrected chi connectivity index (χ4v) is 5.48. The Kier molecular flexibility index (Phi) is 6.71. The van der Waals surface area contributed by atoms with Crippen molar-refractivity contribution in [2.24, 2.45) is 0 Å². The van der Waals surface area contributed by atoms with Gasteiger partial charge in [0.2, 0.25) is 0 Å². The minimum atomic E-state index is -0.878. The SMILES string of the molecule is CC(=O)c1cn(C2CC2)c2cc(N3CCN(CCCOc4ccc5c(c4)B(O)OC5)CC3)c(F)cc2c1=O. The summed E-state index contributed by atoms with van der Waals surface area (Å²) >= 11 is 0. The number of piperazine rings is 1. The molecule has 6 rings (SSSR count). The van der Waals surface area contributed by atoms with E-state index in [2.05, 4.69) is 4.90 Å². The summed E-state index contributed by atoms with van der Waals surface area (Å²) in [6.45, 7) is 6.22.